The second-order valence-electron chi connectivity index (χ2n) is 7.08. The van der Waals surface area contributed by atoms with E-state index in [1.54, 1.807) is 25.1 Å². The van der Waals surface area contributed by atoms with E-state index in [9.17, 15) is 14.4 Å². The van der Waals surface area contributed by atoms with Crippen LogP contribution in [0.4, 0.5) is 5.69 Å². The van der Waals surface area contributed by atoms with Crippen molar-refractivity contribution in [3.05, 3.63) is 30.4 Å². The van der Waals surface area contributed by atoms with E-state index in [0.29, 0.717) is 43.2 Å². The van der Waals surface area contributed by atoms with Crippen LogP contribution in [0, 0.1) is 11.8 Å². The van der Waals surface area contributed by atoms with Gasteiger partial charge in [-0.1, -0.05) is 12.2 Å². The fraction of sp³-hybridized carbons (Fsp3) is 0.450. The van der Waals surface area contributed by atoms with Crippen molar-refractivity contribution in [3.8, 4) is 11.5 Å². The van der Waals surface area contributed by atoms with E-state index in [1.807, 2.05) is 12.2 Å². The Bertz CT molecular complexity index is 793. The van der Waals surface area contributed by atoms with Crippen molar-refractivity contribution in [3.63, 3.8) is 0 Å². The van der Waals surface area contributed by atoms with Crippen molar-refractivity contribution in [2.75, 3.05) is 18.5 Å². The molecule has 2 aliphatic heterocycles. The van der Waals surface area contributed by atoms with Crippen molar-refractivity contribution in [1.82, 2.24) is 4.90 Å². The molecule has 0 aromatic heterocycles. The van der Waals surface area contributed by atoms with Gasteiger partial charge in [-0.25, -0.2) is 0 Å². The van der Waals surface area contributed by atoms with Gasteiger partial charge in [0.05, 0.1) is 25.0 Å². The highest BCUT2D eigenvalue weighted by molar-refractivity contribution is 6.10. The molecular formula is C20H22N2O5. The van der Waals surface area contributed by atoms with Crippen LogP contribution in [-0.2, 0) is 14.4 Å². The second-order valence-corrected chi connectivity index (χ2v) is 7.08. The molecule has 1 aliphatic carbocycles. The number of hydrogen-bond acceptors (Lipinski definition) is 5. The van der Waals surface area contributed by atoms with Crippen molar-refractivity contribution in [2.24, 2.45) is 11.8 Å². The Labute approximate surface area is 157 Å². The predicted molar refractivity (Wildman–Crippen MR) is 97.3 cm³/mol. The van der Waals surface area contributed by atoms with Gasteiger partial charge < -0.3 is 14.8 Å². The molecule has 1 aromatic carbocycles. The van der Waals surface area contributed by atoms with Gasteiger partial charge in [-0.3, -0.25) is 19.3 Å². The summed E-state index contributed by atoms with van der Waals surface area (Å²) in [6.45, 7) is 2.72. The maximum Gasteiger partial charge on any atom is 0.247 e. The Morgan fingerprint density at radius 1 is 1.07 bits per heavy atom. The Morgan fingerprint density at radius 3 is 2.37 bits per heavy atom. The van der Waals surface area contributed by atoms with Gasteiger partial charge in [0.2, 0.25) is 17.7 Å². The third-order valence-corrected chi connectivity index (χ3v) is 5.32. The summed E-state index contributed by atoms with van der Waals surface area (Å²) < 4.78 is 11.2. The monoisotopic (exact) mass is 370 g/mol. The molecule has 0 saturated carbocycles. The molecule has 0 unspecified atom stereocenters. The zero-order chi connectivity index (χ0) is 19.0. The molecule has 7 nitrogen and oxygen atoms in total. The van der Waals surface area contributed by atoms with Gasteiger partial charge in [0.25, 0.3) is 0 Å². The van der Waals surface area contributed by atoms with Gasteiger partial charge in [-0.2, -0.15) is 0 Å². The van der Waals surface area contributed by atoms with Crippen LogP contribution in [0.25, 0.3) is 0 Å². The van der Waals surface area contributed by atoms with Crippen molar-refractivity contribution < 1.29 is 23.9 Å². The molecule has 7 heteroatoms. The lowest BCUT2D eigenvalue weighted by Gasteiger charge is -2.22. The number of rotatable bonds is 3. The van der Waals surface area contributed by atoms with E-state index in [2.05, 4.69) is 5.32 Å². The van der Waals surface area contributed by atoms with Crippen molar-refractivity contribution in [1.29, 1.82) is 0 Å². The van der Waals surface area contributed by atoms with Crippen molar-refractivity contribution >= 4 is 23.4 Å². The van der Waals surface area contributed by atoms with Crippen LogP contribution in [0.5, 0.6) is 11.5 Å². The summed E-state index contributed by atoms with van der Waals surface area (Å²) in [6.07, 6.45) is 5.77. The number of likely N-dealkylation sites (tertiary alicyclic amines) is 1. The van der Waals surface area contributed by atoms with Crippen LogP contribution in [0.15, 0.2) is 30.4 Å². The molecule has 1 saturated heterocycles. The summed E-state index contributed by atoms with van der Waals surface area (Å²) in [6, 6.07) is 4.29. The molecule has 3 amide bonds. The van der Waals surface area contributed by atoms with Gasteiger partial charge in [0.1, 0.15) is 6.04 Å². The zero-order valence-electron chi connectivity index (χ0n) is 15.1. The summed E-state index contributed by atoms with van der Waals surface area (Å²) in [5.41, 5.74) is 0.536. The molecule has 1 N–H and O–H groups in total. The fourth-order valence-electron chi connectivity index (χ4n) is 3.81. The molecule has 1 aromatic rings. The highest BCUT2D eigenvalue weighted by atomic mass is 16.5. The molecular weight excluding hydrogens is 348 g/mol. The average molecular weight is 370 g/mol. The van der Waals surface area contributed by atoms with Crippen molar-refractivity contribution in [2.45, 2.75) is 32.2 Å². The Morgan fingerprint density at radius 2 is 1.70 bits per heavy atom. The minimum atomic E-state index is -0.869. The Hall–Kier alpha value is -2.83. The third kappa shape index (κ3) is 3.18. The lowest BCUT2D eigenvalue weighted by molar-refractivity contribution is -0.146. The fourth-order valence-corrected chi connectivity index (χ4v) is 3.81. The first-order valence-electron chi connectivity index (χ1n) is 9.28. The summed E-state index contributed by atoms with van der Waals surface area (Å²) in [7, 11) is 0. The number of fused-ring (bicyclic) bond motifs is 2. The van der Waals surface area contributed by atoms with E-state index in [1.165, 1.54) is 0 Å². The highest BCUT2D eigenvalue weighted by Gasteiger charge is 2.50. The standard InChI is InChI=1S/C20H22N2O5/c1-12(22-19(24)14-5-2-3-6-15(14)20(22)25)18(23)21-13-7-8-16-17(11-13)27-10-4-9-26-16/h2-3,7-8,11-12,14-15H,4-6,9-10H2,1H3,(H,21,23)/t12-,14-,15-/m0/s1. The molecule has 142 valence electrons. The normalized spacial score (nSPS) is 25.0. The minimum Gasteiger partial charge on any atom is -0.490 e. The minimum absolute atomic E-state index is 0.254. The number of nitrogens with one attached hydrogen (secondary N) is 1. The number of carbonyl (C=O) groups is 3. The smallest absolute Gasteiger partial charge is 0.247 e. The lowest BCUT2D eigenvalue weighted by Crippen LogP contribution is -2.46. The van der Waals surface area contributed by atoms with Crippen LogP contribution in [0.1, 0.15) is 26.2 Å². The first-order chi connectivity index (χ1) is 13.1. The maximum atomic E-state index is 12.7. The average Bonchev–Trinajstić information content (AvgIpc) is 2.82. The first kappa shape index (κ1) is 17.6. The summed E-state index contributed by atoms with van der Waals surface area (Å²) in [5, 5.41) is 2.78. The molecule has 1 fully saturated rings. The molecule has 27 heavy (non-hydrogen) atoms. The number of amides is 3. The molecule has 0 radical (unpaired) electrons. The summed E-state index contributed by atoms with van der Waals surface area (Å²) in [5.74, 6) is -0.376. The van der Waals surface area contributed by atoms with Crippen LogP contribution < -0.4 is 14.8 Å². The topological polar surface area (TPSA) is 84.9 Å². The molecule has 3 aliphatic rings. The van der Waals surface area contributed by atoms with Gasteiger partial charge in [-0.05, 0) is 31.9 Å². The van der Waals surface area contributed by atoms with E-state index in [-0.39, 0.29) is 23.7 Å². The van der Waals surface area contributed by atoms with Gasteiger partial charge in [0, 0.05) is 18.2 Å². The summed E-state index contributed by atoms with van der Waals surface area (Å²) in [4.78, 5) is 39.1. The van der Waals surface area contributed by atoms with Crippen LogP contribution in [-0.4, -0.2) is 41.9 Å². The summed E-state index contributed by atoms with van der Waals surface area (Å²) >= 11 is 0. The van der Waals surface area contributed by atoms with E-state index >= 15 is 0 Å². The number of nitrogens with zero attached hydrogens (tertiary/aromatic N) is 1. The van der Waals surface area contributed by atoms with E-state index in [0.717, 1.165) is 11.3 Å². The number of hydrogen-bond donors (Lipinski definition) is 1. The number of carbonyl (C=O) groups excluding carboxylic acids is 3. The molecule has 0 spiro atoms. The van der Waals surface area contributed by atoms with E-state index < -0.39 is 11.9 Å². The quantitative estimate of drug-likeness (QED) is 0.651. The molecule has 2 heterocycles. The number of benzene rings is 1. The third-order valence-electron chi connectivity index (χ3n) is 5.32. The SMILES string of the molecule is C[C@@H](C(=O)Nc1ccc2c(c1)OCCCO2)N1C(=O)[C@H]2CC=CC[C@@H]2C1=O. The first-order valence-corrected chi connectivity index (χ1v) is 9.28. The second kappa shape index (κ2) is 7.06. The number of imide groups is 1. The zero-order valence-corrected chi connectivity index (χ0v) is 15.1. The van der Waals surface area contributed by atoms with E-state index in [4.69, 9.17) is 9.47 Å². The predicted octanol–water partition coefficient (Wildman–Crippen LogP) is 2.13. The van der Waals surface area contributed by atoms with Crippen LogP contribution >= 0.6 is 0 Å². The number of allylic oxidation sites excluding steroid dienone is 2. The number of ether oxygens (including phenoxy) is 2. The Kier molecular flexibility index (Phi) is 4.59. The largest absolute Gasteiger partial charge is 0.490 e. The maximum absolute atomic E-state index is 12.7. The Balaban J connectivity index is 1.48. The molecule has 4 rings (SSSR count). The van der Waals surface area contributed by atoms with Crippen LogP contribution in [0.3, 0.4) is 0 Å². The lowest BCUT2D eigenvalue weighted by atomic mass is 9.85. The highest BCUT2D eigenvalue weighted by Crippen LogP contribution is 2.36. The van der Waals surface area contributed by atoms with Gasteiger partial charge in [0.15, 0.2) is 11.5 Å². The van der Waals surface area contributed by atoms with Crippen LogP contribution in [0.2, 0.25) is 0 Å². The molecule has 3 atom stereocenters. The van der Waals surface area contributed by atoms with Gasteiger partial charge >= 0.3 is 0 Å². The number of anilines is 1. The molecule has 0 bridgehead atoms. The van der Waals surface area contributed by atoms with Gasteiger partial charge in [-0.15, -0.1) is 0 Å².